The van der Waals surface area contributed by atoms with Crippen molar-refractivity contribution < 1.29 is 27.9 Å². The predicted octanol–water partition coefficient (Wildman–Crippen LogP) is 4.61. The van der Waals surface area contributed by atoms with Crippen LogP contribution in [0.15, 0.2) is 24.3 Å². The third kappa shape index (κ3) is 5.14. The number of rotatable bonds is 8. The number of nitrogens with zero attached hydrogens (tertiary/aromatic N) is 2. The number of fused-ring (bicyclic) bond motifs is 1. The topological polar surface area (TPSA) is 105 Å². The summed E-state index contributed by atoms with van der Waals surface area (Å²) < 4.78 is 37.9. The van der Waals surface area contributed by atoms with Gasteiger partial charge < -0.3 is 20.2 Å². The molecule has 0 bridgehead atoms. The van der Waals surface area contributed by atoms with E-state index in [2.05, 4.69) is 15.7 Å². The van der Waals surface area contributed by atoms with Gasteiger partial charge in [-0.1, -0.05) is 32.9 Å². The van der Waals surface area contributed by atoms with Gasteiger partial charge in [-0.15, -0.1) is 0 Å². The molecule has 1 aromatic heterocycles. The number of hydrogen-bond acceptors (Lipinski definition) is 5. The number of halogens is 2. The predicted molar refractivity (Wildman–Crippen MR) is 127 cm³/mol. The lowest BCUT2D eigenvalue weighted by Gasteiger charge is -2.37. The second kappa shape index (κ2) is 9.10. The number of benzene rings is 1. The van der Waals surface area contributed by atoms with Crippen molar-refractivity contribution >= 4 is 26.0 Å². The average molecular weight is 495 g/mol. The third-order valence-corrected chi connectivity index (χ3v) is 11.0. The van der Waals surface area contributed by atoms with E-state index in [0.29, 0.717) is 18.7 Å². The van der Waals surface area contributed by atoms with Crippen LogP contribution in [-0.2, 0) is 16.9 Å². The Morgan fingerprint density at radius 3 is 2.44 bits per heavy atom. The number of nitrogens with one attached hydrogen (secondary N) is 2. The van der Waals surface area contributed by atoms with E-state index in [9.17, 15) is 9.59 Å². The van der Waals surface area contributed by atoms with Crippen LogP contribution in [0, 0.1) is 0 Å². The molecule has 0 aliphatic carbocycles. The number of aromatic nitrogens is 2. The van der Waals surface area contributed by atoms with Crippen molar-refractivity contribution in [1.82, 2.24) is 15.1 Å². The van der Waals surface area contributed by atoms with Crippen molar-refractivity contribution in [3.8, 4) is 0 Å². The minimum absolute atomic E-state index is 0.115. The van der Waals surface area contributed by atoms with Gasteiger partial charge in [0.1, 0.15) is 23.7 Å². The van der Waals surface area contributed by atoms with Gasteiger partial charge in [-0.2, -0.15) is 13.9 Å². The second-order valence-electron chi connectivity index (χ2n) is 10.1. The van der Waals surface area contributed by atoms with Crippen LogP contribution in [0.2, 0.25) is 18.1 Å². The number of carboxylic acids is 1. The molecule has 34 heavy (non-hydrogen) atoms. The van der Waals surface area contributed by atoms with E-state index < -0.39 is 44.5 Å². The number of alkyl halides is 2. The number of hydrogen-bond donors (Lipinski definition) is 3. The van der Waals surface area contributed by atoms with Gasteiger partial charge in [-0.25, -0.2) is 9.48 Å². The van der Waals surface area contributed by atoms with Gasteiger partial charge in [0.15, 0.2) is 8.32 Å². The fraction of sp³-hybridized carbons (Fsp3) is 0.522. The van der Waals surface area contributed by atoms with Crippen molar-refractivity contribution in [2.24, 2.45) is 0 Å². The zero-order valence-electron chi connectivity index (χ0n) is 20.3. The van der Waals surface area contributed by atoms with Crippen LogP contribution in [0.3, 0.4) is 0 Å². The first-order valence-corrected chi connectivity index (χ1v) is 14.1. The van der Waals surface area contributed by atoms with Gasteiger partial charge in [0.05, 0.1) is 18.2 Å². The largest absolute Gasteiger partial charge is 0.478 e. The minimum atomic E-state index is -3.46. The Morgan fingerprint density at radius 2 is 1.88 bits per heavy atom. The van der Waals surface area contributed by atoms with Crippen molar-refractivity contribution in [2.75, 3.05) is 18.5 Å². The maximum absolute atomic E-state index is 15.4. The Labute approximate surface area is 198 Å². The molecule has 11 heteroatoms. The first kappa shape index (κ1) is 25.8. The van der Waals surface area contributed by atoms with E-state index >= 15 is 8.78 Å². The molecule has 8 nitrogen and oxygen atoms in total. The number of anilines is 1. The van der Waals surface area contributed by atoms with Crippen LogP contribution < -0.4 is 10.6 Å². The molecule has 1 aliphatic rings. The lowest BCUT2D eigenvalue weighted by atomic mass is 10.0. The van der Waals surface area contributed by atoms with Crippen LogP contribution in [0.1, 0.15) is 65.7 Å². The van der Waals surface area contributed by atoms with Gasteiger partial charge in [0.2, 0.25) is 0 Å². The van der Waals surface area contributed by atoms with Gasteiger partial charge in [0.25, 0.3) is 5.91 Å². The molecule has 0 saturated heterocycles. The monoisotopic (exact) mass is 494 g/mol. The summed E-state index contributed by atoms with van der Waals surface area (Å²) in [4.78, 5) is 24.2. The maximum atomic E-state index is 15.4. The molecule has 3 N–H and O–H groups in total. The molecule has 2 aromatic rings. The fourth-order valence-corrected chi connectivity index (χ4v) is 4.35. The molecular weight excluding hydrogens is 462 g/mol. The Balaban J connectivity index is 1.85. The number of amides is 1. The Hall–Kier alpha value is -2.79. The zero-order valence-corrected chi connectivity index (χ0v) is 21.3. The SMILES string of the molecule is CC(NC(=O)c1c(C(F)(F)CO[Si](C)(C)C(C)(C)C)nn2c1NCC2)c1ccc(C(=O)O)cc1. The summed E-state index contributed by atoms with van der Waals surface area (Å²) in [5, 5.41) is 18.6. The van der Waals surface area contributed by atoms with Crippen molar-refractivity contribution in [3.05, 3.63) is 46.6 Å². The highest BCUT2D eigenvalue weighted by Crippen LogP contribution is 2.40. The molecule has 1 aromatic carbocycles. The van der Waals surface area contributed by atoms with E-state index in [1.807, 2.05) is 33.9 Å². The molecule has 0 saturated carbocycles. The first-order valence-electron chi connectivity index (χ1n) is 11.1. The second-order valence-corrected chi connectivity index (χ2v) is 14.9. The van der Waals surface area contributed by atoms with E-state index in [4.69, 9.17) is 9.53 Å². The molecule has 2 heterocycles. The standard InChI is InChI=1S/C23H32F2N4O4Si/c1-14(15-7-9-16(10-8-15)21(31)32)27-20(30)17-18(28-29-12-11-26-19(17)29)23(24,25)13-33-34(5,6)22(2,3)4/h7-10,14,26H,11-13H2,1-6H3,(H,27,30)(H,31,32). The molecule has 0 radical (unpaired) electrons. The van der Waals surface area contributed by atoms with Gasteiger partial charge in [0, 0.05) is 6.54 Å². The Bertz CT molecular complexity index is 1080. The lowest BCUT2D eigenvalue weighted by molar-refractivity contribution is -0.0554. The first-order chi connectivity index (χ1) is 15.6. The van der Waals surface area contributed by atoms with E-state index in [1.165, 1.54) is 16.8 Å². The lowest BCUT2D eigenvalue weighted by Crippen LogP contribution is -2.43. The molecule has 0 spiro atoms. The molecule has 1 atom stereocenters. The summed E-state index contributed by atoms with van der Waals surface area (Å²) in [6.07, 6.45) is 0. The summed E-state index contributed by atoms with van der Waals surface area (Å²) in [6.45, 7) is 11.4. The smallest absolute Gasteiger partial charge is 0.335 e. The highest BCUT2D eigenvalue weighted by Gasteiger charge is 2.46. The molecule has 1 unspecified atom stereocenters. The molecule has 1 amide bonds. The van der Waals surface area contributed by atoms with Crippen LogP contribution in [0.25, 0.3) is 0 Å². The maximum Gasteiger partial charge on any atom is 0.335 e. The molecule has 3 rings (SSSR count). The van der Waals surface area contributed by atoms with Crippen LogP contribution in [0.4, 0.5) is 14.6 Å². The van der Waals surface area contributed by atoms with Crippen LogP contribution >= 0.6 is 0 Å². The number of aromatic carboxylic acids is 1. The van der Waals surface area contributed by atoms with Crippen LogP contribution in [-0.4, -0.2) is 48.2 Å². The van der Waals surface area contributed by atoms with Crippen LogP contribution in [0.5, 0.6) is 0 Å². The Kier molecular flexibility index (Phi) is 6.91. The summed E-state index contributed by atoms with van der Waals surface area (Å²) >= 11 is 0. The minimum Gasteiger partial charge on any atom is -0.478 e. The van der Waals surface area contributed by atoms with Crippen molar-refractivity contribution in [3.63, 3.8) is 0 Å². The van der Waals surface area contributed by atoms with E-state index in [-0.39, 0.29) is 22.0 Å². The highest BCUT2D eigenvalue weighted by atomic mass is 28.4. The summed E-state index contributed by atoms with van der Waals surface area (Å²) in [5.41, 5.74) is -0.0519. The van der Waals surface area contributed by atoms with Crippen molar-refractivity contribution in [1.29, 1.82) is 0 Å². The summed E-state index contributed by atoms with van der Waals surface area (Å²) in [6, 6.07) is 5.47. The van der Waals surface area contributed by atoms with E-state index in [0.717, 1.165) is 0 Å². The average Bonchev–Trinajstić information content (AvgIpc) is 3.33. The van der Waals surface area contributed by atoms with Gasteiger partial charge in [-0.3, -0.25) is 4.79 Å². The molecule has 186 valence electrons. The number of carbonyl (C=O) groups is 2. The fourth-order valence-electron chi connectivity index (χ4n) is 3.38. The van der Waals surface area contributed by atoms with E-state index in [1.54, 1.807) is 19.1 Å². The normalized spacial score (nSPS) is 14.9. The number of carbonyl (C=O) groups excluding carboxylic acids is 1. The van der Waals surface area contributed by atoms with Gasteiger partial charge in [-0.05, 0) is 42.8 Å². The molecular formula is C23H32F2N4O4Si. The third-order valence-electron chi connectivity index (χ3n) is 6.57. The van der Waals surface area contributed by atoms with Crippen molar-refractivity contribution in [2.45, 2.75) is 64.3 Å². The summed E-state index contributed by atoms with van der Waals surface area (Å²) in [7, 11) is -2.45. The quantitative estimate of drug-likeness (QED) is 0.463. The summed E-state index contributed by atoms with van der Waals surface area (Å²) in [5.74, 6) is -4.95. The van der Waals surface area contributed by atoms with Gasteiger partial charge >= 0.3 is 11.9 Å². The highest BCUT2D eigenvalue weighted by molar-refractivity contribution is 6.74. The molecule has 1 aliphatic heterocycles. The molecule has 0 fully saturated rings. The number of carboxylic acid groups (broad SMARTS) is 1. The zero-order chi connectivity index (χ0) is 25.5. The Morgan fingerprint density at radius 1 is 1.26 bits per heavy atom.